The van der Waals surface area contributed by atoms with E-state index in [1.54, 1.807) is 0 Å². The molecule has 0 atom stereocenters. The molecule has 0 bridgehead atoms. The van der Waals surface area contributed by atoms with E-state index in [1.165, 1.54) is 0 Å². The molecule has 73 heavy (non-hydrogen) atoms. The molecular formula is C58H45N15. The van der Waals surface area contributed by atoms with Gasteiger partial charge in [-0.2, -0.15) is 5.26 Å². The van der Waals surface area contributed by atoms with Gasteiger partial charge in [-0.25, -0.2) is 59.8 Å². The minimum atomic E-state index is 0.549. The Labute approximate surface area is 419 Å². The first-order valence-corrected chi connectivity index (χ1v) is 23.9. The number of nitriles is 1. The summed E-state index contributed by atoms with van der Waals surface area (Å²) in [5.41, 5.74) is 12.3. The number of aryl methyl sites for hydroxylation is 8. The zero-order valence-corrected chi connectivity index (χ0v) is 41.6. The predicted octanol–water partition coefficient (Wildman–Crippen LogP) is 11.6. The van der Waals surface area contributed by atoms with Crippen LogP contribution in [0.2, 0.25) is 0 Å². The molecule has 6 aromatic carbocycles. The molecule has 0 unspecified atom stereocenters. The highest BCUT2D eigenvalue weighted by Crippen LogP contribution is 2.44. The van der Waals surface area contributed by atoms with Crippen molar-refractivity contribution in [2.24, 2.45) is 0 Å². The van der Waals surface area contributed by atoms with Crippen LogP contribution < -0.4 is 0 Å². The molecule has 6 heterocycles. The second-order valence-corrected chi connectivity index (χ2v) is 18.4. The highest BCUT2D eigenvalue weighted by Gasteiger charge is 2.25. The normalized spacial score (nSPS) is 11.6. The Morgan fingerprint density at radius 3 is 1.03 bits per heavy atom. The van der Waals surface area contributed by atoms with E-state index in [2.05, 4.69) is 133 Å². The Balaban J connectivity index is 1.23. The molecule has 12 rings (SSSR count). The zero-order chi connectivity index (χ0) is 50.4. The van der Waals surface area contributed by atoms with Crippen molar-refractivity contribution in [3.8, 4) is 74.1 Å². The number of aromatic nitrogens is 14. The maximum absolute atomic E-state index is 10.3. The molecule has 12 aromatic rings. The minimum Gasteiger partial charge on any atom is -0.309 e. The average Bonchev–Trinajstić information content (AvgIpc) is 3.86. The van der Waals surface area contributed by atoms with E-state index in [4.69, 9.17) is 39.9 Å². The number of nitrogens with zero attached hydrogens (tertiary/aromatic N) is 15. The molecule has 15 heteroatoms. The lowest BCUT2D eigenvalue weighted by Crippen LogP contribution is -2.06. The molecule has 0 spiro atoms. The molecule has 0 amide bonds. The van der Waals surface area contributed by atoms with Crippen molar-refractivity contribution < 1.29 is 0 Å². The Morgan fingerprint density at radius 2 is 0.685 bits per heavy atom. The fourth-order valence-electron chi connectivity index (χ4n) is 10.3. The van der Waals surface area contributed by atoms with Crippen molar-refractivity contribution in [2.45, 2.75) is 62.3 Å². The van der Waals surface area contributed by atoms with E-state index in [1.807, 2.05) is 73.6 Å². The van der Waals surface area contributed by atoms with Crippen LogP contribution in [0.25, 0.3) is 112 Å². The molecule has 352 valence electrons. The lowest BCUT2D eigenvalue weighted by atomic mass is 9.97. The van der Waals surface area contributed by atoms with Gasteiger partial charge in [0.1, 0.15) is 46.6 Å². The fraction of sp³-hybridized carbons (Fsp3) is 0.155. The summed E-state index contributed by atoms with van der Waals surface area (Å²) in [6.07, 6.45) is 0. The van der Waals surface area contributed by atoms with Crippen LogP contribution in [0, 0.1) is 73.6 Å². The monoisotopic (exact) mass is 951 g/mol. The predicted molar refractivity (Wildman–Crippen MR) is 283 cm³/mol. The molecule has 0 aliphatic rings. The maximum Gasteiger partial charge on any atom is 0.163 e. The highest BCUT2D eigenvalue weighted by atomic mass is 15.1. The van der Waals surface area contributed by atoms with Crippen LogP contribution in [0.5, 0.6) is 0 Å². The Hall–Kier alpha value is -9.55. The van der Waals surface area contributed by atoms with Gasteiger partial charge in [0.15, 0.2) is 23.3 Å². The summed E-state index contributed by atoms with van der Waals surface area (Å²) in [5.74, 6) is 7.47. The van der Waals surface area contributed by atoms with Crippen LogP contribution in [0.1, 0.15) is 57.7 Å². The summed E-state index contributed by atoms with van der Waals surface area (Å²) >= 11 is 0. The van der Waals surface area contributed by atoms with Gasteiger partial charge in [0.05, 0.1) is 45.1 Å². The van der Waals surface area contributed by atoms with E-state index in [0.717, 1.165) is 93.9 Å². The molecule has 0 saturated heterocycles. The summed E-state index contributed by atoms with van der Waals surface area (Å²) in [7, 11) is 0. The number of hydrogen-bond donors (Lipinski definition) is 0. The van der Waals surface area contributed by atoms with E-state index >= 15 is 0 Å². The van der Waals surface area contributed by atoms with Crippen molar-refractivity contribution in [1.82, 2.24) is 68.9 Å². The maximum atomic E-state index is 10.3. The quantitative estimate of drug-likeness (QED) is 0.147. The van der Waals surface area contributed by atoms with Crippen LogP contribution in [0.3, 0.4) is 0 Å². The first kappa shape index (κ1) is 44.6. The molecule has 0 N–H and O–H groups in total. The molecule has 0 fully saturated rings. The smallest absolute Gasteiger partial charge is 0.163 e. The van der Waals surface area contributed by atoms with Gasteiger partial charge in [-0.15, -0.1) is 0 Å². The molecule has 0 aliphatic carbocycles. The topological polar surface area (TPSA) is 188 Å². The fourth-order valence-corrected chi connectivity index (χ4v) is 10.3. The SMILES string of the molecule is Cc1nc(C)nc(-c2ccc3c4ccc(-c5nc(C)nc(C)n5)cc4n(-c4ccc(-c5cccc(C#N)c5)c(-n5c6cc(-c7nc(C)nc(C)n7)ccc6c6ccc(-c7nc(C)nc(C)n7)cc65)c4C)c3c2)n1. The summed E-state index contributed by atoms with van der Waals surface area (Å²) in [5, 5.41) is 14.4. The second kappa shape index (κ2) is 17.1. The van der Waals surface area contributed by atoms with E-state index < -0.39 is 0 Å². The number of fused-ring (bicyclic) bond motifs is 6. The van der Waals surface area contributed by atoms with Crippen molar-refractivity contribution in [2.75, 3.05) is 0 Å². The van der Waals surface area contributed by atoms with Gasteiger partial charge in [-0.1, -0.05) is 66.7 Å². The minimum absolute atomic E-state index is 0.549. The molecule has 0 aliphatic heterocycles. The number of benzene rings is 6. The first-order chi connectivity index (χ1) is 35.3. The summed E-state index contributed by atoms with van der Waals surface area (Å²) in [4.78, 5) is 56.4. The van der Waals surface area contributed by atoms with Crippen molar-refractivity contribution in [1.29, 1.82) is 5.26 Å². The third kappa shape index (κ3) is 7.76. The first-order valence-electron chi connectivity index (χ1n) is 23.9. The van der Waals surface area contributed by atoms with Crippen molar-refractivity contribution in [3.05, 3.63) is 167 Å². The van der Waals surface area contributed by atoms with E-state index in [9.17, 15) is 5.26 Å². The standard InChI is InChI=1S/C58H45N15/c1-29-49(72-50-24-40(55-64-30(2)60-31(3)65-55)13-17-45(50)46-18-14-41(25-51(46)72)56-66-32(4)61-33(5)67-56)22-21-44(39-12-10-11-38(23-39)28-59)54(29)73-52-26-42(57-68-34(6)62-35(7)69-57)15-19-47(52)48-20-16-43(27-53(48)73)58-70-36(8)63-37(9)71-58/h10-27H,1-9H3. The van der Waals surface area contributed by atoms with Crippen molar-refractivity contribution >= 4 is 43.6 Å². The van der Waals surface area contributed by atoms with Crippen molar-refractivity contribution in [3.63, 3.8) is 0 Å². The largest absolute Gasteiger partial charge is 0.309 e. The molecule has 0 radical (unpaired) electrons. The summed E-state index contributed by atoms with van der Waals surface area (Å²) in [6, 6.07) is 40.1. The van der Waals surface area contributed by atoms with Gasteiger partial charge < -0.3 is 9.13 Å². The third-order valence-corrected chi connectivity index (χ3v) is 13.2. The Bertz CT molecular complexity index is 4050. The molecular weight excluding hydrogens is 907 g/mol. The lowest BCUT2D eigenvalue weighted by Gasteiger charge is -2.22. The van der Waals surface area contributed by atoms with E-state index in [-0.39, 0.29) is 0 Å². The third-order valence-electron chi connectivity index (χ3n) is 13.2. The van der Waals surface area contributed by atoms with Gasteiger partial charge in [0.25, 0.3) is 0 Å². The van der Waals surface area contributed by atoms with Gasteiger partial charge in [0, 0.05) is 49.4 Å². The lowest BCUT2D eigenvalue weighted by molar-refractivity contribution is 0.928. The number of rotatable bonds is 7. The van der Waals surface area contributed by atoms with Crippen LogP contribution in [0.15, 0.2) is 109 Å². The number of hydrogen-bond acceptors (Lipinski definition) is 13. The summed E-state index contributed by atoms with van der Waals surface area (Å²) in [6.45, 7) is 17.3. The van der Waals surface area contributed by atoms with E-state index in [0.29, 0.717) is 75.5 Å². The van der Waals surface area contributed by atoms with Gasteiger partial charge >= 0.3 is 0 Å². The second-order valence-electron chi connectivity index (χ2n) is 18.4. The molecule has 0 saturated carbocycles. The van der Waals surface area contributed by atoms with Crippen LogP contribution in [-0.4, -0.2) is 68.9 Å². The van der Waals surface area contributed by atoms with Gasteiger partial charge in [0.2, 0.25) is 0 Å². The Morgan fingerprint density at radius 1 is 0.342 bits per heavy atom. The zero-order valence-electron chi connectivity index (χ0n) is 41.6. The average molecular weight is 952 g/mol. The van der Waals surface area contributed by atoms with Gasteiger partial charge in [-0.3, -0.25) is 0 Å². The molecule has 6 aromatic heterocycles. The highest BCUT2D eigenvalue weighted by molar-refractivity contribution is 6.13. The molecule has 15 nitrogen and oxygen atoms in total. The summed E-state index contributed by atoms with van der Waals surface area (Å²) < 4.78 is 4.66. The van der Waals surface area contributed by atoms with Gasteiger partial charge in [-0.05, 0) is 116 Å². The van der Waals surface area contributed by atoms with Crippen LogP contribution >= 0.6 is 0 Å². The Kier molecular flexibility index (Phi) is 10.5. The van der Waals surface area contributed by atoms with Crippen LogP contribution in [0.4, 0.5) is 0 Å². The van der Waals surface area contributed by atoms with Crippen LogP contribution in [-0.2, 0) is 0 Å².